The molecule has 2 aromatic rings. The minimum atomic E-state index is -0.814. The zero-order valence-electron chi connectivity index (χ0n) is 14.3. The summed E-state index contributed by atoms with van der Waals surface area (Å²) in [5.41, 5.74) is 1.08. The van der Waals surface area contributed by atoms with Crippen molar-refractivity contribution in [3.8, 4) is 5.75 Å². The van der Waals surface area contributed by atoms with Gasteiger partial charge in [0.2, 0.25) is 0 Å². The molecule has 138 valence electrons. The van der Waals surface area contributed by atoms with Gasteiger partial charge in [-0.15, -0.1) is 0 Å². The topological polar surface area (TPSA) is 64.6 Å². The minimum Gasteiger partial charge on any atom is -0.494 e. The van der Waals surface area contributed by atoms with E-state index >= 15 is 0 Å². The number of ether oxygens (including phenoxy) is 2. The molecule has 26 heavy (non-hydrogen) atoms. The van der Waals surface area contributed by atoms with Gasteiger partial charge in [0, 0.05) is 18.2 Å². The van der Waals surface area contributed by atoms with Gasteiger partial charge in [0.1, 0.15) is 17.4 Å². The Morgan fingerprint density at radius 2 is 1.69 bits per heavy atom. The van der Waals surface area contributed by atoms with E-state index in [0.29, 0.717) is 24.8 Å². The van der Waals surface area contributed by atoms with Crippen molar-refractivity contribution >= 4 is 17.6 Å². The van der Waals surface area contributed by atoms with Gasteiger partial charge in [0.25, 0.3) is 5.91 Å². The molecule has 0 unspecified atom stereocenters. The SMILES string of the molecule is Cc1ccc(OCCCC(=O)OCC(=O)Nc2cc(F)cc(F)c2)cc1. The smallest absolute Gasteiger partial charge is 0.306 e. The van der Waals surface area contributed by atoms with Crippen LogP contribution in [0.3, 0.4) is 0 Å². The molecular weight excluding hydrogens is 344 g/mol. The lowest BCUT2D eigenvalue weighted by atomic mass is 10.2. The lowest BCUT2D eigenvalue weighted by Crippen LogP contribution is -2.21. The number of carbonyl (C=O) groups excluding carboxylic acids is 2. The summed E-state index contributed by atoms with van der Waals surface area (Å²) in [6.07, 6.45) is 0.525. The van der Waals surface area contributed by atoms with Crippen molar-refractivity contribution in [3.05, 3.63) is 59.7 Å². The highest BCUT2D eigenvalue weighted by Gasteiger charge is 2.09. The lowest BCUT2D eigenvalue weighted by Gasteiger charge is -2.08. The molecule has 0 aliphatic carbocycles. The van der Waals surface area contributed by atoms with Crippen LogP contribution in [0.4, 0.5) is 14.5 Å². The van der Waals surface area contributed by atoms with Crippen molar-refractivity contribution in [2.45, 2.75) is 19.8 Å². The quantitative estimate of drug-likeness (QED) is 0.575. The molecule has 1 N–H and O–H groups in total. The summed E-state index contributed by atoms with van der Waals surface area (Å²) in [6.45, 7) is 1.78. The van der Waals surface area contributed by atoms with Gasteiger partial charge < -0.3 is 14.8 Å². The molecule has 0 fully saturated rings. The number of halogens is 2. The van der Waals surface area contributed by atoms with E-state index in [9.17, 15) is 18.4 Å². The van der Waals surface area contributed by atoms with E-state index in [1.807, 2.05) is 31.2 Å². The normalized spacial score (nSPS) is 10.3. The van der Waals surface area contributed by atoms with Gasteiger partial charge in [-0.3, -0.25) is 9.59 Å². The minimum absolute atomic E-state index is 0.0463. The van der Waals surface area contributed by atoms with Crippen molar-refractivity contribution < 1.29 is 27.8 Å². The molecule has 0 aromatic heterocycles. The number of aryl methyl sites for hydroxylation is 1. The van der Waals surface area contributed by atoms with Crippen LogP contribution in [0.25, 0.3) is 0 Å². The third-order valence-electron chi connectivity index (χ3n) is 3.33. The van der Waals surface area contributed by atoms with E-state index in [4.69, 9.17) is 9.47 Å². The molecule has 1 amide bonds. The van der Waals surface area contributed by atoms with Crippen molar-refractivity contribution in [2.24, 2.45) is 0 Å². The van der Waals surface area contributed by atoms with Crippen molar-refractivity contribution in [2.75, 3.05) is 18.5 Å². The molecule has 0 bridgehead atoms. The largest absolute Gasteiger partial charge is 0.494 e. The predicted molar refractivity (Wildman–Crippen MR) is 91.9 cm³/mol. The average molecular weight is 363 g/mol. The standard InChI is InChI=1S/C19H19F2NO4/c1-13-4-6-17(7-5-13)25-8-2-3-19(24)26-12-18(23)22-16-10-14(20)9-15(21)11-16/h4-7,9-11H,2-3,8,12H2,1H3,(H,22,23). The Hall–Kier alpha value is -2.96. The highest BCUT2D eigenvalue weighted by molar-refractivity contribution is 5.92. The first-order chi connectivity index (χ1) is 12.4. The number of anilines is 1. The molecule has 0 spiro atoms. The Morgan fingerprint density at radius 3 is 2.35 bits per heavy atom. The summed E-state index contributed by atoms with van der Waals surface area (Å²) in [7, 11) is 0. The van der Waals surface area contributed by atoms with E-state index in [1.165, 1.54) is 0 Å². The second-order valence-electron chi connectivity index (χ2n) is 5.63. The lowest BCUT2D eigenvalue weighted by molar-refractivity contribution is -0.147. The summed E-state index contributed by atoms with van der Waals surface area (Å²) in [5, 5.41) is 2.25. The van der Waals surface area contributed by atoms with Crippen molar-refractivity contribution in [3.63, 3.8) is 0 Å². The molecule has 0 aliphatic rings. The van der Waals surface area contributed by atoms with Crippen LogP contribution >= 0.6 is 0 Å². The van der Waals surface area contributed by atoms with E-state index in [0.717, 1.165) is 17.7 Å². The first-order valence-corrected chi connectivity index (χ1v) is 8.03. The number of carbonyl (C=O) groups is 2. The van der Waals surface area contributed by atoms with E-state index < -0.39 is 30.1 Å². The van der Waals surface area contributed by atoms with Crippen molar-refractivity contribution in [1.82, 2.24) is 0 Å². The Labute approximate surface area is 149 Å². The molecule has 0 heterocycles. The Morgan fingerprint density at radius 1 is 1.04 bits per heavy atom. The zero-order valence-corrected chi connectivity index (χ0v) is 14.3. The number of esters is 1. The van der Waals surface area contributed by atoms with Crippen molar-refractivity contribution in [1.29, 1.82) is 0 Å². The Kier molecular flexibility index (Phi) is 7.08. The van der Waals surface area contributed by atoms with E-state index in [1.54, 1.807) is 0 Å². The molecule has 5 nitrogen and oxygen atoms in total. The molecule has 0 atom stereocenters. The number of hydrogen-bond acceptors (Lipinski definition) is 4. The highest BCUT2D eigenvalue weighted by atomic mass is 19.1. The number of rotatable bonds is 8. The summed E-state index contributed by atoms with van der Waals surface area (Å²) in [5.74, 6) is -2.15. The summed E-state index contributed by atoms with van der Waals surface area (Å²) in [4.78, 5) is 23.2. The monoisotopic (exact) mass is 363 g/mol. The van der Waals surface area contributed by atoms with Gasteiger partial charge in [-0.2, -0.15) is 0 Å². The van der Waals surface area contributed by atoms with Gasteiger partial charge in [-0.05, 0) is 37.6 Å². The third kappa shape index (κ3) is 6.88. The first-order valence-electron chi connectivity index (χ1n) is 8.03. The van der Waals surface area contributed by atoms with Crippen LogP contribution in [0.2, 0.25) is 0 Å². The number of benzene rings is 2. The molecule has 7 heteroatoms. The predicted octanol–water partition coefficient (Wildman–Crippen LogP) is 3.61. The van der Waals surface area contributed by atoms with Crippen LogP contribution in [0.1, 0.15) is 18.4 Å². The van der Waals surface area contributed by atoms with Gasteiger partial charge in [-0.25, -0.2) is 8.78 Å². The van der Waals surface area contributed by atoms with Gasteiger partial charge in [0.05, 0.1) is 6.61 Å². The molecule has 0 saturated heterocycles. The zero-order chi connectivity index (χ0) is 18.9. The second-order valence-corrected chi connectivity index (χ2v) is 5.63. The average Bonchev–Trinajstić information content (AvgIpc) is 2.57. The third-order valence-corrected chi connectivity index (χ3v) is 3.33. The first kappa shape index (κ1) is 19.4. The fourth-order valence-corrected chi connectivity index (χ4v) is 2.08. The summed E-state index contributed by atoms with van der Waals surface area (Å²) >= 11 is 0. The van der Waals surface area contributed by atoms with Crippen LogP contribution in [0.5, 0.6) is 5.75 Å². The maximum atomic E-state index is 13.0. The summed E-state index contributed by atoms with van der Waals surface area (Å²) < 4.78 is 36.3. The summed E-state index contributed by atoms with van der Waals surface area (Å²) in [6, 6.07) is 10.1. The van der Waals surface area contributed by atoms with Gasteiger partial charge in [0.15, 0.2) is 6.61 Å². The number of nitrogens with one attached hydrogen (secondary N) is 1. The van der Waals surface area contributed by atoms with E-state index in [2.05, 4.69) is 5.32 Å². The molecule has 0 radical (unpaired) electrons. The van der Waals surface area contributed by atoms with Gasteiger partial charge >= 0.3 is 5.97 Å². The van der Waals surface area contributed by atoms with Crippen LogP contribution in [0, 0.1) is 18.6 Å². The molecule has 0 saturated carbocycles. The van der Waals surface area contributed by atoms with Crippen LogP contribution in [0.15, 0.2) is 42.5 Å². The van der Waals surface area contributed by atoms with Crippen LogP contribution in [-0.2, 0) is 14.3 Å². The second kappa shape index (κ2) is 9.50. The molecule has 0 aliphatic heterocycles. The molecule has 2 rings (SSSR count). The number of hydrogen-bond donors (Lipinski definition) is 1. The molecular formula is C19H19F2NO4. The molecule has 2 aromatic carbocycles. The fourth-order valence-electron chi connectivity index (χ4n) is 2.08. The van der Waals surface area contributed by atoms with Crippen LogP contribution in [-0.4, -0.2) is 25.1 Å². The Bertz CT molecular complexity index is 742. The highest BCUT2D eigenvalue weighted by Crippen LogP contribution is 2.13. The van der Waals surface area contributed by atoms with Crippen LogP contribution < -0.4 is 10.1 Å². The maximum Gasteiger partial charge on any atom is 0.306 e. The maximum absolute atomic E-state index is 13.0. The van der Waals surface area contributed by atoms with Gasteiger partial charge in [-0.1, -0.05) is 17.7 Å². The Balaban J connectivity index is 1.63. The van der Waals surface area contributed by atoms with E-state index in [-0.39, 0.29) is 12.1 Å². The number of amides is 1. The fraction of sp³-hybridized carbons (Fsp3) is 0.263.